The van der Waals surface area contributed by atoms with E-state index in [9.17, 15) is 9.90 Å². The number of esters is 1. The summed E-state index contributed by atoms with van der Waals surface area (Å²) in [5.41, 5.74) is 2.54. The number of benzene rings is 1. The largest absolute Gasteiger partial charge is 0.506 e. The van der Waals surface area contributed by atoms with E-state index >= 15 is 0 Å². The molecule has 1 aromatic carbocycles. The molecule has 22 heavy (non-hydrogen) atoms. The van der Waals surface area contributed by atoms with Gasteiger partial charge in [-0.2, -0.15) is 0 Å². The first-order chi connectivity index (χ1) is 10.6. The topological polar surface area (TPSA) is 46.5 Å². The molecule has 1 aromatic rings. The Morgan fingerprint density at radius 3 is 2.50 bits per heavy atom. The minimum absolute atomic E-state index is 0.223. The van der Waals surface area contributed by atoms with Crippen LogP contribution in [0.3, 0.4) is 0 Å². The molecule has 1 aliphatic rings. The van der Waals surface area contributed by atoms with Crippen LogP contribution < -0.4 is 4.74 Å². The number of fused-ring (bicyclic) bond motifs is 1. The summed E-state index contributed by atoms with van der Waals surface area (Å²) in [7, 11) is 0. The molecular formula is C18H26O3S. The van der Waals surface area contributed by atoms with Crippen LogP contribution in [0, 0.1) is 13.8 Å². The van der Waals surface area contributed by atoms with Crippen LogP contribution in [0.1, 0.15) is 62.1 Å². The van der Waals surface area contributed by atoms with E-state index < -0.39 is 0 Å². The van der Waals surface area contributed by atoms with Crippen molar-refractivity contribution in [2.45, 2.75) is 70.6 Å². The minimum Gasteiger partial charge on any atom is -0.506 e. The fraction of sp³-hybridized carbons (Fsp3) is 0.611. The van der Waals surface area contributed by atoms with E-state index in [1.807, 2.05) is 13.8 Å². The number of hydrogen-bond donors (Lipinski definition) is 1. The summed E-state index contributed by atoms with van der Waals surface area (Å²) in [4.78, 5) is 12.4. The van der Waals surface area contributed by atoms with E-state index in [2.05, 4.69) is 6.92 Å². The second-order valence-corrected chi connectivity index (χ2v) is 7.11. The average molecular weight is 322 g/mol. The SMILES string of the molecule is CCCCCCCCSc1c(C)c2c(c(C)c1O)CC(=O)O2. The fourth-order valence-electron chi connectivity index (χ4n) is 2.87. The standard InChI is InChI=1S/C18H26O3S/c1-4-5-6-7-8-9-10-22-18-13(3)17-14(11-15(19)21-17)12(2)16(18)20/h20H,4-11H2,1-3H3. The summed E-state index contributed by atoms with van der Waals surface area (Å²) < 4.78 is 5.32. The zero-order chi connectivity index (χ0) is 16.1. The Balaban J connectivity index is 1.96. The van der Waals surface area contributed by atoms with Crippen molar-refractivity contribution in [1.82, 2.24) is 0 Å². The Kier molecular flexibility index (Phi) is 6.18. The lowest BCUT2D eigenvalue weighted by atomic mass is 10.0. The summed E-state index contributed by atoms with van der Waals surface area (Å²) in [5.74, 6) is 1.77. The number of carbonyl (C=O) groups is 1. The first-order valence-electron chi connectivity index (χ1n) is 8.24. The van der Waals surface area contributed by atoms with E-state index in [0.29, 0.717) is 11.5 Å². The maximum Gasteiger partial charge on any atom is 0.315 e. The molecule has 4 heteroatoms. The van der Waals surface area contributed by atoms with Gasteiger partial charge in [0.05, 0.1) is 11.3 Å². The fourth-order valence-corrected chi connectivity index (χ4v) is 4.02. The van der Waals surface area contributed by atoms with E-state index in [-0.39, 0.29) is 12.4 Å². The van der Waals surface area contributed by atoms with Gasteiger partial charge in [0, 0.05) is 11.1 Å². The molecule has 2 rings (SSSR count). The molecule has 0 amide bonds. The maximum absolute atomic E-state index is 11.5. The highest BCUT2D eigenvalue weighted by Gasteiger charge is 2.28. The second kappa shape index (κ2) is 7.91. The predicted molar refractivity (Wildman–Crippen MR) is 91.0 cm³/mol. The highest BCUT2D eigenvalue weighted by Crippen LogP contribution is 2.45. The number of ether oxygens (including phenoxy) is 1. The van der Waals surface area contributed by atoms with E-state index in [1.165, 1.54) is 32.1 Å². The van der Waals surface area contributed by atoms with Crippen LogP contribution >= 0.6 is 11.8 Å². The van der Waals surface area contributed by atoms with Crippen LogP contribution in [0.4, 0.5) is 0 Å². The lowest BCUT2D eigenvalue weighted by molar-refractivity contribution is -0.131. The molecule has 1 heterocycles. The Morgan fingerprint density at radius 2 is 1.77 bits per heavy atom. The molecule has 0 saturated carbocycles. The molecule has 0 aliphatic carbocycles. The molecule has 0 unspecified atom stereocenters. The van der Waals surface area contributed by atoms with Gasteiger partial charge in [0.1, 0.15) is 11.5 Å². The summed E-state index contributed by atoms with van der Waals surface area (Å²) in [6.45, 7) is 6.02. The summed E-state index contributed by atoms with van der Waals surface area (Å²) in [5, 5.41) is 10.4. The van der Waals surface area contributed by atoms with Crippen molar-refractivity contribution >= 4 is 17.7 Å². The maximum atomic E-state index is 11.5. The van der Waals surface area contributed by atoms with Gasteiger partial charge in [-0.15, -0.1) is 11.8 Å². The van der Waals surface area contributed by atoms with Gasteiger partial charge in [0.15, 0.2) is 0 Å². The molecule has 0 radical (unpaired) electrons. The first kappa shape index (κ1) is 17.2. The van der Waals surface area contributed by atoms with Crippen LogP contribution in [0.2, 0.25) is 0 Å². The Bertz CT molecular complexity index is 552. The van der Waals surface area contributed by atoms with E-state index in [1.54, 1.807) is 11.8 Å². The molecule has 0 bridgehead atoms. The first-order valence-corrected chi connectivity index (χ1v) is 9.23. The van der Waals surface area contributed by atoms with Crippen LogP contribution in [0.5, 0.6) is 11.5 Å². The predicted octanol–water partition coefficient (Wildman–Crippen LogP) is 4.92. The molecule has 1 aliphatic heterocycles. The van der Waals surface area contributed by atoms with Crippen molar-refractivity contribution < 1.29 is 14.6 Å². The molecule has 0 atom stereocenters. The van der Waals surface area contributed by atoms with Crippen molar-refractivity contribution in [2.24, 2.45) is 0 Å². The molecule has 1 N–H and O–H groups in total. The number of aromatic hydroxyl groups is 1. The smallest absolute Gasteiger partial charge is 0.315 e. The molecule has 0 fully saturated rings. The summed E-state index contributed by atoms with van der Waals surface area (Å²) in [6.07, 6.45) is 7.88. The van der Waals surface area contributed by atoms with Crippen molar-refractivity contribution in [2.75, 3.05) is 5.75 Å². The Morgan fingerprint density at radius 1 is 1.09 bits per heavy atom. The third-order valence-corrected chi connectivity index (χ3v) is 5.54. The molecule has 122 valence electrons. The monoisotopic (exact) mass is 322 g/mol. The summed E-state index contributed by atoms with van der Waals surface area (Å²) >= 11 is 1.68. The van der Waals surface area contributed by atoms with Gasteiger partial charge in [-0.1, -0.05) is 39.0 Å². The zero-order valence-electron chi connectivity index (χ0n) is 13.8. The molecule has 3 nitrogen and oxygen atoms in total. The van der Waals surface area contributed by atoms with Gasteiger partial charge in [-0.05, 0) is 31.6 Å². The lowest BCUT2D eigenvalue weighted by Crippen LogP contribution is -2.00. The second-order valence-electron chi connectivity index (χ2n) is 6.00. The van der Waals surface area contributed by atoms with Crippen molar-refractivity contribution in [1.29, 1.82) is 0 Å². The third kappa shape index (κ3) is 3.78. The molecular weight excluding hydrogens is 296 g/mol. The zero-order valence-corrected chi connectivity index (χ0v) is 14.6. The Hall–Kier alpha value is -1.16. The van der Waals surface area contributed by atoms with Gasteiger partial charge in [-0.3, -0.25) is 4.79 Å². The Labute approximate surface area is 137 Å². The van der Waals surface area contributed by atoms with Gasteiger partial charge in [0.2, 0.25) is 0 Å². The van der Waals surface area contributed by atoms with Crippen molar-refractivity contribution in [3.63, 3.8) is 0 Å². The quantitative estimate of drug-likeness (QED) is 0.319. The number of rotatable bonds is 8. The average Bonchev–Trinajstić information content (AvgIpc) is 2.89. The molecule has 0 spiro atoms. The van der Waals surface area contributed by atoms with Gasteiger partial charge in [0.25, 0.3) is 0 Å². The van der Waals surface area contributed by atoms with Crippen LogP contribution in [-0.2, 0) is 11.2 Å². The van der Waals surface area contributed by atoms with Crippen molar-refractivity contribution in [3.05, 3.63) is 16.7 Å². The highest BCUT2D eigenvalue weighted by atomic mass is 32.2. The van der Waals surface area contributed by atoms with Crippen molar-refractivity contribution in [3.8, 4) is 11.5 Å². The van der Waals surface area contributed by atoms with Crippen LogP contribution in [-0.4, -0.2) is 16.8 Å². The minimum atomic E-state index is -0.223. The van der Waals surface area contributed by atoms with E-state index in [0.717, 1.165) is 33.8 Å². The lowest BCUT2D eigenvalue weighted by Gasteiger charge is -2.14. The van der Waals surface area contributed by atoms with Gasteiger partial charge >= 0.3 is 5.97 Å². The van der Waals surface area contributed by atoms with Gasteiger partial charge < -0.3 is 9.84 Å². The number of hydrogen-bond acceptors (Lipinski definition) is 4. The number of thioether (sulfide) groups is 1. The van der Waals surface area contributed by atoms with Gasteiger partial charge in [-0.25, -0.2) is 0 Å². The number of carbonyl (C=O) groups excluding carboxylic acids is 1. The highest BCUT2D eigenvalue weighted by molar-refractivity contribution is 7.99. The van der Waals surface area contributed by atoms with E-state index in [4.69, 9.17) is 4.74 Å². The number of phenolic OH excluding ortho intramolecular Hbond substituents is 1. The van der Waals surface area contributed by atoms with Crippen LogP contribution in [0.25, 0.3) is 0 Å². The molecule has 0 aromatic heterocycles. The normalized spacial score (nSPS) is 13.3. The molecule has 0 saturated heterocycles. The third-order valence-electron chi connectivity index (χ3n) is 4.26. The summed E-state index contributed by atoms with van der Waals surface area (Å²) in [6, 6.07) is 0. The van der Waals surface area contributed by atoms with Crippen LogP contribution in [0.15, 0.2) is 4.90 Å². The number of phenols is 1. The number of unbranched alkanes of at least 4 members (excludes halogenated alkanes) is 5.